The molecule has 2 aromatic carbocycles. The van der Waals surface area contributed by atoms with E-state index in [-0.39, 0.29) is 17.3 Å². The van der Waals surface area contributed by atoms with Gasteiger partial charge in [0.2, 0.25) is 21.8 Å². The van der Waals surface area contributed by atoms with E-state index in [1.807, 2.05) is 0 Å². The van der Waals surface area contributed by atoms with E-state index >= 15 is 0 Å². The van der Waals surface area contributed by atoms with Crippen molar-refractivity contribution in [1.82, 2.24) is 4.31 Å². The highest BCUT2D eigenvalue weighted by Gasteiger charge is 2.39. The number of amides is 2. The predicted octanol–water partition coefficient (Wildman–Crippen LogP) is 2.77. The van der Waals surface area contributed by atoms with Gasteiger partial charge in [-0.1, -0.05) is 0 Å². The molecule has 0 aliphatic carbocycles. The molecule has 0 saturated carbocycles. The number of methoxy groups -OCH3 is 2. The Morgan fingerprint density at radius 1 is 1.06 bits per heavy atom. The van der Waals surface area contributed by atoms with Crippen LogP contribution in [0.2, 0.25) is 0 Å². The van der Waals surface area contributed by atoms with Crippen LogP contribution in [0.15, 0.2) is 41.3 Å². The van der Waals surface area contributed by atoms with E-state index < -0.39 is 22.0 Å². The van der Waals surface area contributed by atoms with Gasteiger partial charge in [0.15, 0.2) is 0 Å². The number of aryl methyl sites for hydroxylation is 1. The first-order valence-corrected chi connectivity index (χ1v) is 12.2. The Morgan fingerprint density at radius 2 is 1.79 bits per heavy atom. The number of anilines is 2. The van der Waals surface area contributed by atoms with E-state index in [0.717, 1.165) is 5.56 Å². The average molecular weight is 474 g/mol. The third-order valence-corrected chi connectivity index (χ3v) is 7.84. The van der Waals surface area contributed by atoms with Crippen molar-refractivity contribution in [3.05, 3.63) is 42.0 Å². The molecule has 0 spiro atoms. The van der Waals surface area contributed by atoms with Gasteiger partial charge in [-0.15, -0.1) is 0 Å². The van der Waals surface area contributed by atoms with Gasteiger partial charge in [0.1, 0.15) is 17.5 Å². The number of sulfonamides is 1. The maximum Gasteiger partial charge on any atom is 0.243 e. The Kier molecular flexibility index (Phi) is 6.57. The van der Waals surface area contributed by atoms with E-state index in [1.54, 1.807) is 30.3 Å². The highest BCUT2D eigenvalue weighted by Crippen LogP contribution is 2.32. The Bertz CT molecular complexity index is 1160. The van der Waals surface area contributed by atoms with Crippen LogP contribution in [0.5, 0.6) is 11.5 Å². The Labute approximate surface area is 193 Å². The van der Waals surface area contributed by atoms with Gasteiger partial charge in [-0.3, -0.25) is 9.59 Å². The molecule has 1 unspecified atom stereocenters. The first-order chi connectivity index (χ1) is 15.8. The number of fused-ring (bicyclic) bond motifs is 1. The van der Waals surface area contributed by atoms with E-state index in [2.05, 4.69) is 10.6 Å². The summed E-state index contributed by atoms with van der Waals surface area (Å²) in [6, 6.07) is 8.87. The van der Waals surface area contributed by atoms with Crippen molar-refractivity contribution in [2.75, 3.05) is 31.4 Å². The van der Waals surface area contributed by atoms with Crippen molar-refractivity contribution in [1.29, 1.82) is 0 Å². The molecule has 2 amide bonds. The molecule has 2 aliphatic rings. The number of carbonyl (C=O) groups is 2. The van der Waals surface area contributed by atoms with Gasteiger partial charge in [-0.05, 0) is 49.4 Å². The molecule has 33 heavy (non-hydrogen) atoms. The smallest absolute Gasteiger partial charge is 0.243 e. The lowest BCUT2D eigenvalue weighted by molar-refractivity contribution is -0.119. The highest BCUT2D eigenvalue weighted by atomic mass is 32.2. The zero-order valence-corrected chi connectivity index (χ0v) is 19.4. The van der Waals surface area contributed by atoms with Crippen molar-refractivity contribution >= 4 is 33.2 Å². The lowest BCUT2D eigenvalue weighted by atomic mass is 10.1. The molecular formula is C23H27N3O6S. The fraction of sp³-hybridized carbons (Fsp3) is 0.391. The van der Waals surface area contributed by atoms with Crippen LogP contribution >= 0.6 is 0 Å². The fourth-order valence-electron chi connectivity index (χ4n) is 4.24. The predicted molar refractivity (Wildman–Crippen MR) is 123 cm³/mol. The van der Waals surface area contributed by atoms with Crippen LogP contribution in [0.1, 0.15) is 31.2 Å². The molecule has 0 aromatic heterocycles. The molecule has 0 radical (unpaired) electrons. The SMILES string of the molecule is COc1cc(NC(=O)C2CCCN2S(=O)(=O)c2ccc3c(c2)CCCC(=O)N3)cc(OC)c1. The quantitative estimate of drug-likeness (QED) is 0.667. The standard InChI is InChI=1S/C23H27N3O6S/c1-31-17-12-16(13-18(14-17)32-2)24-23(28)21-6-4-10-26(21)33(29,30)19-8-9-20-15(11-19)5-3-7-22(27)25-20/h8-9,11-14,21H,3-7,10H2,1-2H3,(H,24,28)(H,25,27). The van der Waals surface area contributed by atoms with Gasteiger partial charge in [-0.25, -0.2) is 8.42 Å². The van der Waals surface area contributed by atoms with Crippen LogP contribution < -0.4 is 20.1 Å². The molecular weight excluding hydrogens is 446 g/mol. The molecule has 4 rings (SSSR count). The number of hydrogen-bond acceptors (Lipinski definition) is 6. The van der Waals surface area contributed by atoms with E-state index in [9.17, 15) is 18.0 Å². The van der Waals surface area contributed by atoms with Gasteiger partial charge in [0.05, 0.1) is 19.1 Å². The molecule has 1 atom stereocenters. The molecule has 2 aliphatic heterocycles. The number of hydrogen-bond donors (Lipinski definition) is 2. The maximum atomic E-state index is 13.5. The molecule has 9 nitrogen and oxygen atoms in total. The summed E-state index contributed by atoms with van der Waals surface area (Å²) >= 11 is 0. The number of ether oxygens (including phenoxy) is 2. The van der Waals surface area contributed by atoms with Crippen LogP contribution in [0, 0.1) is 0 Å². The minimum absolute atomic E-state index is 0.0743. The molecule has 176 valence electrons. The van der Waals surface area contributed by atoms with E-state index in [1.165, 1.54) is 24.6 Å². The first-order valence-electron chi connectivity index (χ1n) is 10.8. The summed E-state index contributed by atoms with van der Waals surface area (Å²) < 4.78 is 38.6. The zero-order chi connectivity index (χ0) is 23.6. The van der Waals surface area contributed by atoms with Gasteiger partial charge in [0, 0.05) is 42.5 Å². The average Bonchev–Trinajstić information content (AvgIpc) is 3.23. The van der Waals surface area contributed by atoms with Crippen molar-refractivity contribution in [2.45, 2.75) is 43.0 Å². The molecule has 2 N–H and O–H groups in total. The highest BCUT2D eigenvalue weighted by molar-refractivity contribution is 7.89. The molecule has 10 heteroatoms. The fourth-order valence-corrected chi connectivity index (χ4v) is 5.95. The molecule has 1 fully saturated rings. The van der Waals surface area contributed by atoms with Gasteiger partial charge < -0.3 is 20.1 Å². The Balaban J connectivity index is 1.57. The van der Waals surface area contributed by atoms with Crippen LogP contribution in [0.4, 0.5) is 11.4 Å². The summed E-state index contributed by atoms with van der Waals surface area (Å²) in [5.74, 6) is 0.540. The molecule has 1 saturated heterocycles. The number of carbonyl (C=O) groups excluding carboxylic acids is 2. The zero-order valence-electron chi connectivity index (χ0n) is 18.6. The van der Waals surface area contributed by atoms with Crippen molar-refractivity contribution in [2.24, 2.45) is 0 Å². The second-order valence-corrected chi connectivity index (χ2v) is 9.98. The second kappa shape index (κ2) is 9.40. The summed E-state index contributed by atoms with van der Waals surface area (Å²) in [7, 11) is -0.876. The van der Waals surface area contributed by atoms with Crippen LogP contribution in [0.25, 0.3) is 0 Å². The van der Waals surface area contributed by atoms with E-state index in [4.69, 9.17) is 9.47 Å². The summed E-state index contributed by atoms with van der Waals surface area (Å²) in [5, 5.41) is 5.61. The van der Waals surface area contributed by atoms with Gasteiger partial charge in [-0.2, -0.15) is 4.31 Å². The number of rotatable bonds is 6. The van der Waals surface area contributed by atoms with Crippen molar-refractivity contribution in [3.63, 3.8) is 0 Å². The Morgan fingerprint density at radius 3 is 2.48 bits per heavy atom. The maximum absolute atomic E-state index is 13.5. The summed E-state index contributed by atoms with van der Waals surface area (Å²) in [5.41, 5.74) is 1.88. The number of nitrogens with zero attached hydrogens (tertiary/aromatic N) is 1. The summed E-state index contributed by atoms with van der Waals surface area (Å²) in [6.45, 7) is 0.260. The van der Waals surface area contributed by atoms with Gasteiger partial charge >= 0.3 is 0 Å². The second-order valence-electron chi connectivity index (χ2n) is 8.09. The molecule has 2 aromatic rings. The molecule has 0 bridgehead atoms. The normalized spacial score (nSPS) is 18.7. The largest absolute Gasteiger partial charge is 0.497 e. The topological polar surface area (TPSA) is 114 Å². The monoisotopic (exact) mass is 473 g/mol. The summed E-state index contributed by atoms with van der Waals surface area (Å²) in [4.78, 5) is 25.0. The van der Waals surface area contributed by atoms with Gasteiger partial charge in [0.25, 0.3) is 0 Å². The van der Waals surface area contributed by atoms with Crippen LogP contribution in [-0.2, 0) is 26.0 Å². The molecule has 2 heterocycles. The third kappa shape index (κ3) is 4.81. The minimum atomic E-state index is -3.90. The summed E-state index contributed by atoms with van der Waals surface area (Å²) in [6.07, 6.45) is 2.67. The lowest BCUT2D eigenvalue weighted by Gasteiger charge is -2.24. The first kappa shape index (κ1) is 23.1. The van der Waals surface area contributed by atoms with E-state index in [0.29, 0.717) is 55.0 Å². The number of nitrogens with one attached hydrogen (secondary N) is 2. The third-order valence-electron chi connectivity index (χ3n) is 5.93. The van der Waals surface area contributed by atoms with Crippen LogP contribution in [0.3, 0.4) is 0 Å². The number of benzene rings is 2. The van der Waals surface area contributed by atoms with Crippen molar-refractivity contribution in [3.8, 4) is 11.5 Å². The lowest BCUT2D eigenvalue weighted by Crippen LogP contribution is -2.43. The van der Waals surface area contributed by atoms with Crippen LogP contribution in [-0.4, -0.2) is 51.3 Å². The minimum Gasteiger partial charge on any atom is -0.497 e. The Hall–Kier alpha value is -3.11. The van der Waals surface area contributed by atoms with Crippen molar-refractivity contribution < 1.29 is 27.5 Å².